The van der Waals surface area contributed by atoms with E-state index in [0.717, 1.165) is 16.8 Å². The third-order valence-corrected chi connectivity index (χ3v) is 5.44. The predicted octanol–water partition coefficient (Wildman–Crippen LogP) is 6.40. The van der Waals surface area contributed by atoms with Crippen LogP contribution in [-0.4, -0.2) is 26.2 Å². The van der Waals surface area contributed by atoms with Crippen molar-refractivity contribution in [1.29, 1.82) is 0 Å². The van der Waals surface area contributed by atoms with E-state index in [2.05, 4.69) is 10.6 Å². The lowest BCUT2D eigenvalue weighted by Gasteiger charge is -2.13. The molecular formula is C26H20ClFN2O5. The number of imide groups is 1. The molecule has 0 heterocycles. The molecule has 0 saturated carbocycles. The standard InChI is InChI=1S/C26H20ClFN2O5/c1-33-23-12-15-6-5-9-22(18(15)14-24(23)34-2)35-16-10-11-21(20(28)13-16)29-26(32)30-25(31)17-7-3-4-8-19(17)27/h3-14H,1-2H3,(H2,29,30,31,32). The molecule has 0 aliphatic heterocycles. The van der Waals surface area contributed by atoms with Crippen LogP contribution in [0.5, 0.6) is 23.0 Å². The fourth-order valence-electron chi connectivity index (χ4n) is 3.42. The largest absolute Gasteiger partial charge is 0.493 e. The van der Waals surface area contributed by atoms with Crippen molar-refractivity contribution in [3.8, 4) is 23.0 Å². The van der Waals surface area contributed by atoms with Gasteiger partial charge in [-0.1, -0.05) is 35.9 Å². The van der Waals surface area contributed by atoms with Crippen LogP contribution in [0.2, 0.25) is 5.02 Å². The van der Waals surface area contributed by atoms with Gasteiger partial charge in [-0.05, 0) is 47.9 Å². The highest BCUT2D eigenvalue weighted by molar-refractivity contribution is 6.34. The van der Waals surface area contributed by atoms with E-state index in [9.17, 15) is 14.0 Å². The number of benzene rings is 4. The smallest absolute Gasteiger partial charge is 0.326 e. The summed E-state index contributed by atoms with van der Waals surface area (Å²) in [4.78, 5) is 24.4. The Bertz CT molecular complexity index is 1430. The molecule has 3 amide bonds. The number of nitrogens with one attached hydrogen (secondary N) is 2. The third kappa shape index (κ3) is 5.28. The molecule has 0 aliphatic carbocycles. The number of anilines is 1. The van der Waals surface area contributed by atoms with Crippen molar-refractivity contribution in [3.63, 3.8) is 0 Å². The zero-order chi connectivity index (χ0) is 24.9. The topological polar surface area (TPSA) is 85.9 Å². The zero-order valence-electron chi connectivity index (χ0n) is 18.7. The first kappa shape index (κ1) is 23.8. The molecule has 4 rings (SSSR count). The second-order valence-electron chi connectivity index (χ2n) is 7.32. The van der Waals surface area contributed by atoms with E-state index < -0.39 is 17.8 Å². The van der Waals surface area contributed by atoms with Crippen molar-refractivity contribution in [3.05, 3.63) is 89.2 Å². The molecule has 4 aromatic rings. The first-order chi connectivity index (χ1) is 16.9. The maximum Gasteiger partial charge on any atom is 0.326 e. The molecule has 0 unspecified atom stereocenters. The molecule has 2 N–H and O–H groups in total. The molecule has 0 bridgehead atoms. The van der Waals surface area contributed by atoms with Gasteiger partial charge in [0, 0.05) is 11.5 Å². The van der Waals surface area contributed by atoms with E-state index in [1.807, 2.05) is 12.1 Å². The second-order valence-corrected chi connectivity index (χ2v) is 7.72. The Hall–Kier alpha value is -4.30. The molecule has 0 saturated heterocycles. The lowest BCUT2D eigenvalue weighted by Crippen LogP contribution is -2.34. The van der Waals surface area contributed by atoms with Crippen LogP contribution in [0.1, 0.15) is 10.4 Å². The van der Waals surface area contributed by atoms with E-state index >= 15 is 0 Å². The van der Waals surface area contributed by atoms with Crippen molar-refractivity contribution in [2.45, 2.75) is 0 Å². The first-order valence-corrected chi connectivity index (χ1v) is 10.8. The molecule has 0 atom stereocenters. The minimum absolute atomic E-state index is 0.123. The third-order valence-electron chi connectivity index (χ3n) is 5.11. The Balaban J connectivity index is 1.50. The molecule has 178 valence electrons. The summed E-state index contributed by atoms with van der Waals surface area (Å²) in [7, 11) is 3.09. The van der Waals surface area contributed by atoms with Crippen LogP contribution in [0.25, 0.3) is 10.8 Å². The van der Waals surface area contributed by atoms with Gasteiger partial charge in [0.1, 0.15) is 17.3 Å². The summed E-state index contributed by atoms with van der Waals surface area (Å²) in [5.41, 5.74) is -0.0102. The molecule has 0 aromatic heterocycles. The van der Waals surface area contributed by atoms with E-state index in [0.29, 0.717) is 17.2 Å². The van der Waals surface area contributed by atoms with Crippen molar-refractivity contribution < 1.29 is 28.2 Å². The number of ether oxygens (including phenoxy) is 3. The number of amides is 3. The Morgan fingerprint density at radius 3 is 2.31 bits per heavy atom. The maximum absolute atomic E-state index is 14.7. The number of rotatable bonds is 6. The fourth-order valence-corrected chi connectivity index (χ4v) is 3.64. The SMILES string of the molecule is COc1cc2cccc(Oc3ccc(NC(=O)NC(=O)c4ccccc4Cl)c(F)c3)c2cc1OC. The molecule has 0 aliphatic rings. The molecule has 9 heteroatoms. The number of halogens is 2. The summed E-state index contributed by atoms with van der Waals surface area (Å²) >= 11 is 5.96. The van der Waals surface area contributed by atoms with Gasteiger partial charge >= 0.3 is 6.03 Å². The Morgan fingerprint density at radius 2 is 1.60 bits per heavy atom. The van der Waals surface area contributed by atoms with E-state index in [1.165, 1.54) is 31.4 Å². The summed E-state index contributed by atoms with van der Waals surface area (Å²) in [6.07, 6.45) is 0. The highest BCUT2D eigenvalue weighted by atomic mass is 35.5. The fraction of sp³-hybridized carbons (Fsp3) is 0.0769. The van der Waals surface area contributed by atoms with E-state index in [-0.39, 0.29) is 22.0 Å². The quantitative estimate of drug-likeness (QED) is 0.324. The van der Waals surface area contributed by atoms with Gasteiger partial charge in [0.15, 0.2) is 11.5 Å². The van der Waals surface area contributed by atoms with Crippen LogP contribution >= 0.6 is 11.6 Å². The van der Waals surface area contributed by atoms with Gasteiger partial charge in [0.05, 0.1) is 30.5 Å². The maximum atomic E-state index is 14.7. The summed E-state index contributed by atoms with van der Waals surface area (Å²) in [6.45, 7) is 0. The molecule has 0 radical (unpaired) electrons. The number of carbonyl (C=O) groups excluding carboxylic acids is 2. The molecule has 0 fully saturated rings. The van der Waals surface area contributed by atoms with Gasteiger partial charge < -0.3 is 19.5 Å². The van der Waals surface area contributed by atoms with Gasteiger partial charge in [0.2, 0.25) is 0 Å². The van der Waals surface area contributed by atoms with Crippen LogP contribution < -0.4 is 24.8 Å². The minimum atomic E-state index is -0.905. The van der Waals surface area contributed by atoms with Gasteiger partial charge in [0.25, 0.3) is 5.91 Å². The van der Waals surface area contributed by atoms with Crippen LogP contribution in [0.15, 0.2) is 72.8 Å². The monoisotopic (exact) mass is 494 g/mol. The van der Waals surface area contributed by atoms with Gasteiger partial charge in [-0.15, -0.1) is 0 Å². The number of methoxy groups -OCH3 is 2. The van der Waals surface area contributed by atoms with Crippen molar-refractivity contribution in [2.75, 3.05) is 19.5 Å². The lowest BCUT2D eigenvalue weighted by molar-refractivity contribution is 0.0967. The average molecular weight is 495 g/mol. The summed E-state index contributed by atoms with van der Waals surface area (Å²) in [5, 5.41) is 6.19. The van der Waals surface area contributed by atoms with E-state index in [1.54, 1.807) is 37.4 Å². The molecule has 0 spiro atoms. The number of hydrogen-bond acceptors (Lipinski definition) is 5. The molecular weight excluding hydrogens is 475 g/mol. The van der Waals surface area contributed by atoms with Gasteiger partial charge in [-0.25, -0.2) is 9.18 Å². The van der Waals surface area contributed by atoms with Crippen molar-refractivity contribution in [2.24, 2.45) is 0 Å². The number of urea groups is 1. The Kier molecular flexibility index (Phi) is 7.03. The van der Waals surface area contributed by atoms with Crippen molar-refractivity contribution in [1.82, 2.24) is 5.32 Å². The second kappa shape index (κ2) is 10.3. The summed E-state index contributed by atoms with van der Waals surface area (Å²) in [5.74, 6) is 0.331. The zero-order valence-corrected chi connectivity index (χ0v) is 19.5. The number of carbonyl (C=O) groups is 2. The number of fused-ring (bicyclic) bond motifs is 1. The molecule has 35 heavy (non-hydrogen) atoms. The van der Waals surface area contributed by atoms with Crippen LogP contribution in [-0.2, 0) is 0 Å². The lowest BCUT2D eigenvalue weighted by atomic mass is 10.1. The van der Waals surface area contributed by atoms with Gasteiger partial charge in [-0.3, -0.25) is 10.1 Å². The normalized spacial score (nSPS) is 10.5. The summed E-state index contributed by atoms with van der Waals surface area (Å²) < 4.78 is 31.3. The number of hydrogen-bond donors (Lipinski definition) is 2. The minimum Gasteiger partial charge on any atom is -0.493 e. The highest BCUT2D eigenvalue weighted by Crippen LogP contribution is 2.38. The predicted molar refractivity (Wildman–Crippen MR) is 131 cm³/mol. The Labute approximate surface area is 205 Å². The molecule has 7 nitrogen and oxygen atoms in total. The molecule has 4 aromatic carbocycles. The van der Waals surface area contributed by atoms with Crippen molar-refractivity contribution >= 4 is 40.0 Å². The Morgan fingerprint density at radius 1 is 0.857 bits per heavy atom. The first-order valence-electron chi connectivity index (χ1n) is 10.4. The van der Waals surface area contributed by atoms with Gasteiger partial charge in [-0.2, -0.15) is 0 Å². The summed E-state index contributed by atoms with van der Waals surface area (Å²) in [6, 6.07) is 18.3. The average Bonchev–Trinajstić information content (AvgIpc) is 2.85. The highest BCUT2D eigenvalue weighted by Gasteiger charge is 2.16. The van der Waals surface area contributed by atoms with Crippen LogP contribution in [0.4, 0.5) is 14.9 Å². The van der Waals surface area contributed by atoms with Crippen LogP contribution in [0.3, 0.4) is 0 Å². The van der Waals surface area contributed by atoms with Crippen LogP contribution in [0, 0.1) is 5.82 Å². The van der Waals surface area contributed by atoms with E-state index in [4.69, 9.17) is 25.8 Å².